The lowest BCUT2D eigenvalue weighted by molar-refractivity contribution is -0.155. The Hall–Kier alpha value is -2.12. The third-order valence-corrected chi connectivity index (χ3v) is 3.70. The molecule has 3 amide bonds. The van der Waals surface area contributed by atoms with Crippen molar-refractivity contribution in [2.24, 2.45) is 5.92 Å². The van der Waals surface area contributed by atoms with Crippen molar-refractivity contribution in [3.05, 3.63) is 0 Å². The summed E-state index contributed by atoms with van der Waals surface area (Å²) in [6, 6.07) is -1.06. The van der Waals surface area contributed by atoms with Crippen molar-refractivity contribution in [1.29, 1.82) is 0 Å². The van der Waals surface area contributed by atoms with Crippen molar-refractivity contribution in [3.8, 4) is 0 Å². The number of nitrogens with one attached hydrogen (secondary N) is 1. The molecule has 0 aromatic rings. The first kappa shape index (κ1) is 14.3. The lowest BCUT2D eigenvalue weighted by Gasteiger charge is -2.34. The minimum absolute atomic E-state index is 0.0805. The number of amides is 3. The van der Waals surface area contributed by atoms with Gasteiger partial charge in [0.05, 0.1) is 5.92 Å². The molecule has 0 aromatic heterocycles. The van der Waals surface area contributed by atoms with Gasteiger partial charge in [0.25, 0.3) is 0 Å². The first-order valence-electron chi connectivity index (χ1n) is 6.51. The zero-order valence-corrected chi connectivity index (χ0v) is 11.2. The Bertz CT molecular complexity index is 464. The maximum Gasteiger partial charge on any atom is 0.328 e. The quantitative estimate of drug-likeness (QED) is 0.640. The number of carbonyl (C=O) groups is 4. The van der Waals surface area contributed by atoms with Gasteiger partial charge in [0.15, 0.2) is 0 Å². The van der Waals surface area contributed by atoms with Gasteiger partial charge in [-0.15, -0.1) is 0 Å². The van der Waals surface area contributed by atoms with Gasteiger partial charge in [-0.25, -0.2) is 4.79 Å². The van der Waals surface area contributed by atoms with Crippen LogP contribution >= 0.6 is 0 Å². The van der Waals surface area contributed by atoms with Crippen LogP contribution < -0.4 is 5.32 Å². The van der Waals surface area contributed by atoms with E-state index in [-0.39, 0.29) is 31.3 Å². The summed E-state index contributed by atoms with van der Waals surface area (Å²) >= 11 is 0. The van der Waals surface area contributed by atoms with E-state index in [9.17, 15) is 19.2 Å². The van der Waals surface area contributed by atoms with Crippen LogP contribution in [0.15, 0.2) is 0 Å². The predicted octanol–water partition coefficient (Wildman–Crippen LogP) is -1.73. The number of likely N-dealkylation sites (tertiary alicyclic amines) is 1. The van der Waals surface area contributed by atoms with Crippen LogP contribution in [0.4, 0.5) is 0 Å². The third-order valence-electron chi connectivity index (χ3n) is 3.70. The van der Waals surface area contributed by atoms with Gasteiger partial charge < -0.3 is 20.2 Å². The molecule has 8 nitrogen and oxygen atoms in total. The summed E-state index contributed by atoms with van der Waals surface area (Å²) in [6.45, 7) is 2.26. The molecule has 0 aromatic carbocycles. The van der Waals surface area contributed by atoms with Gasteiger partial charge in [-0.3, -0.25) is 14.4 Å². The highest BCUT2D eigenvalue weighted by Crippen LogP contribution is 2.21. The second-order valence-corrected chi connectivity index (χ2v) is 4.96. The van der Waals surface area contributed by atoms with Crippen LogP contribution in [-0.2, 0) is 19.2 Å². The van der Waals surface area contributed by atoms with Crippen LogP contribution in [0.5, 0.6) is 0 Å². The summed E-state index contributed by atoms with van der Waals surface area (Å²) in [4.78, 5) is 49.2. The molecule has 2 rings (SSSR count). The standard InChI is InChI=1S/C12H17N3O5/c1-2-14-5-7(3-10(14)17)11(18)15-6-9(16)13-4-8(15)12(19)20/h7-8H,2-6H2,1H3,(H,13,16)(H,19,20). The van der Waals surface area contributed by atoms with E-state index in [4.69, 9.17) is 5.11 Å². The maximum absolute atomic E-state index is 12.4. The first-order chi connectivity index (χ1) is 9.43. The van der Waals surface area contributed by atoms with E-state index in [1.807, 2.05) is 6.92 Å². The van der Waals surface area contributed by atoms with Crippen LogP contribution in [0.25, 0.3) is 0 Å². The molecule has 2 N–H and O–H groups in total. The van der Waals surface area contributed by atoms with Crippen molar-refractivity contribution in [3.63, 3.8) is 0 Å². The molecule has 110 valence electrons. The van der Waals surface area contributed by atoms with Gasteiger partial charge in [0.1, 0.15) is 12.6 Å². The van der Waals surface area contributed by atoms with E-state index >= 15 is 0 Å². The first-order valence-corrected chi connectivity index (χ1v) is 6.51. The number of rotatable bonds is 3. The SMILES string of the molecule is CCN1CC(C(=O)N2CC(=O)NCC2C(=O)O)CC1=O. The average molecular weight is 283 g/mol. The number of piperazine rings is 1. The molecule has 2 atom stereocenters. The van der Waals surface area contributed by atoms with Crippen molar-refractivity contribution >= 4 is 23.7 Å². The fourth-order valence-corrected chi connectivity index (χ4v) is 2.57. The summed E-state index contributed by atoms with van der Waals surface area (Å²) < 4.78 is 0. The lowest BCUT2D eigenvalue weighted by atomic mass is 10.0. The van der Waals surface area contributed by atoms with Crippen LogP contribution in [0.1, 0.15) is 13.3 Å². The minimum Gasteiger partial charge on any atom is -0.480 e. The molecule has 2 aliphatic heterocycles. The number of aliphatic carboxylic acids is 1. The number of hydrogen-bond donors (Lipinski definition) is 2. The van der Waals surface area contributed by atoms with E-state index in [2.05, 4.69) is 5.32 Å². The average Bonchev–Trinajstić information content (AvgIpc) is 2.78. The van der Waals surface area contributed by atoms with Crippen LogP contribution in [0.3, 0.4) is 0 Å². The molecule has 0 spiro atoms. The molecular formula is C12H17N3O5. The third kappa shape index (κ3) is 2.59. The van der Waals surface area contributed by atoms with Crippen LogP contribution in [-0.4, -0.2) is 70.8 Å². The van der Waals surface area contributed by atoms with Gasteiger partial charge in [0, 0.05) is 26.1 Å². The van der Waals surface area contributed by atoms with Gasteiger partial charge >= 0.3 is 5.97 Å². The van der Waals surface area contributed by atoms with Crippen molar-refractivity contribution in [2.45, 2.75) is 19.4 Å². The van der Waals surface area contributed by atoms with Crippen molar-refractivity contribution in [1.82, 2.24) is 15.1 Å². The number of carboxylic acids is 1. The van der Waals surface area contributed by atoms with Crippen LogP contribution in [0, 0.1) is 5.92 Å². The minimum atomic E-state index is -1.16. The number of carboxylic acid groups (broad SMARTS) is 1. The Morgan fingerprint density at radius 1 is 1.40 bits per heavy atom. The van der Waals surface area contributed by atoms with Gasteiger partial charge in [-0.1, -0.05) is 0 Å². The monoisotopic (exact) mass is 283 g/mol. The Morgan fingerprint density at radius 2 is 2.10 bits per heavy atom. The zero-order chi connectivity index (χ0) is 14.9. The topological polar surface area (TPSA) is 107 Å². The maximum atomic E-state index is 12.4. The Balaban J connectivity index is 2.12. The second kappa shape index (κ2) is 5.48. The van der Waals surface area contributed by atoms with E-state index in [0.29, 0.717) is 13.1 Å². The summed E-state index contributed by atoms with van der Waals surface area (Å²) in [6.07, 6.45) is 0.0805. The van der Waals surface area contributed by atoms with Crippen molar-refractivity contribution < 1.29 is 24.3 Å². The van der Waals surface area contributed by atoms with Crippen LogP contribution in [0.2, 0.25) is 0 Å². The van der Waals surface area contributed by atoms with Gasteiger partial charge in [0.2, 0.25) is 17.7 Å². The fourth-order valence-electron chi connectivity index (χ4n) is 2.57. The fraction of sp³-hybridized carbons (Fsp3) is 0.667. The summed E-state index contributed by atoms with van der Waals surface area (Å²) in [7, 11) is 0. The molecule has 0 bridgehead atoms. The molecule has 2 fully saturated rings. The highest BCUT2D eigenvalue weighted by Gasteiger charge is 2.41. The van der Waals surface area contributed by atoms with E-state index in [1.165, 1.54) is 0 Å². The van der Waals surface area contributed by atoms with E-state index < -0.39 is 23.8 Å². The summed E-state index contributed by atoms with van der Waals surface area (Å²) in [5.41, 5.74) is 0. The molecule has 8 heteroatoms. The summed E-state index contributed by atoms with van der Waals surface area (Å²) in [5.74, 6) is -2.64. The predicted molar refractivity (Wildman–Crippen MR) is 66.5 cm³/mol. The second-order valence-electron chi connectivity index (χ2n) is 4.96. The molecule has 2 unspecified atom stereocenters. The van der Waals surface area contributed by atoms with E-state index in [1.54, 1.807) is 4.90 Å². The molecule has 2 heterocycles. The Labute approximate surface area is 115 Å². The Morgan fingerprint density at radius 3 is 2.65 bits per heavy atom. The van der Waals surface area contributed by atoms with E-state index in [0.717, 1.165) is 4.90 Å². The number of nitrogens with zero attached hydrogens (tertiary/aromatic N) is 2. The Kier molecular flexibility index (Phi) is 3.91. The normalized spacial score (nSPS) is 26.6. The van der Waals surface area contributed by atoms with Crippen molar-refractivity contribution in [2.75, 3.05) is 26.2 Å². The molecular weight excluding hydrogens is 266 g/mol. The lowest BCUT2D eigenvalue weighted by Crippen LogP contribution is -2.60. The zero-order valence-electron chi connectivity index (χ0n) is 11.2. The molecule has 0 radical (unpaired) electrons. The molecule has 2 saturated heterocycles. The smallest absolute Gasteiger partial charge is 0.328 e. The van der Waals surface area contributed by atoms with Gasteiger partial charge in [-0.05, 0) is 6.92 Å². The number of hydrogen-bond acceptors (Lipinski definition) is 4. The largest absolute Gasteiger partial charge is 0.480 e. The molecule has 0 saturated carbocycles. The molecule has 0 aliphatic carbocycles. The summed E-state index contributed by atoms with van der Waals surface area (Å²) in [5, 5.41) is 11.5. The highest BCUT2D eigenvalue weighted by atomic mass is 16.4. The molecule has 20 heavy (non-hydrogen) atoms. The number of carbonyl (C=O) groups excluding carboxylic acids is 3. The van der Waals surface area contributed by atoms with Gasteiger partial charge in [-0.2, -0.15) is 0 Å². The molecule has 2 aliphatic rings. The highest BCUT2D eigenvalue weighted by molar-refractivity contribution is 5.95.